The predicted molar refractivity (Wildman–Crippen MR) is 108 cm³/mol. The zero-order valence-corrected chi connectivity index (χ0v) is 18.1. The normalized spacial score (nSPS) is 22.8. The highest BCUT2D eigenvalue weighted by molar-refractivity contribution is 6.55. The van der Waals surface area contributed by atoms with Gasteiger partial charge in [-0.25, -0.2) is 0 Å². The first-order valence-corrected chi connectivity index (χ1v) is 12.8. The van der Waals surface area contributed by atoms with Gasteiger partial charge in [-0.15, -0.1) is 0 Å². The Morgan fingerprint density at radius 1 is 1.33 bits per heavy atom. The van der Waals surface area contributed by atoms with E-state index in [0.717, 1.165) is 31.1 Å². The molecule has 0 bridgehead atoms. The van der Waals surface area contributed by atoms with Crippen molar-refractivity contribution in [1.82, 2.24) is 4.90 Å². The number of hydrogen-bond donors (Lipinski definition) is 0. The second-order valence-electron chi connectivity index (χ2n) is 8.68. The molecule has 0 amide bonds. The molecule has 1 aromatic rings. The first-order valence-electron chi connectivity index (χ1n) is 9.32. The lowest BCUT2D eigenvalue weighted by atomic mass is 9.97. The van der Waals surface area contributed by atoms with Crippen molar-refractivity contribution in [3.05, 3.63) is 34.3 Å². The molecule has 0 aliphatic carbocycles. The summed E-state index contributed by atoms with van der Waals surface area (Å²) in [7, 11) is -0.641. The van der Waals surface area contributed by atoms with Crippen LogP contribution >= 0.6 is 11.6 Å². The van der Waals surface area contributed by atoms with E-state index in [0.29, 0.717) is 12.0 Å². The number of rotatable bonds is 6. The minimum absolute atomic E-state index is 0.0448. The fraction of sp³-hybridized carbons (Fsp3) is 0.700. The molecule has 1 heterocycles. The van der Waals surface area contributed by atoms with E-state index in [1.54, 1.807) is 0 Å². The maximum atomic E-state index is 6.70. The van der Waals surface area contributed by atoms with Crippen LogP contribution in [0.2, 0.25) is 18.1 Å². The van der Waals surface area contributed by atoms with Crippen LogP contribution in [-0.4, -0.2) is 45.0 Å². The summed E-state index contributed by atoms with van der Waals surface area (Å²) in [6.07, 6.45) is 1.36. The third-order valence-electron chi connectivity index (χ3n) is 4.56. The minimum Gasteiger partial charge on any atom is -0.370 e. The molecule has 0 N–H and O–H groups in total. The van der Waals surface area contributed by atoms with Crippen LogP contribution in [0.25, 0.3) is 0 Å². The summed E-state index contributed by atoms with van der Waals surface area (Å²) in [5, 5.41) is 1.02. The third-order valence-corrected chi connectivity index (χ3v) is 6.31. The van der Waals surface area contributed by atoms with Crippen molar-refractivity contribution in [2.45, 2.75) is 65.0 Å². The summed E-state index contributed by atoms with van der Waals surface area (Å²) in [6, 6.07) is 7.78. The van der Waals surface area contributed by atoms with Crippen molar-refractivity contribution in [3.8, 4) is 0 Å². The summed E-state index contributed by atoms with van der Waals surface area (Å²) < 4.78 is 6.02. The van der Waals surface area contributed by atoms with Gasteiger partial charge in [0.15, 0.2) is 0 Å². The van der Waals surface area contributed by atoms with Crippen LogP contribution in [0.5, 0.6) is 0 Å². The molecule has 1 saturated heterocycles. The molecule has 0 saturated carbocycles. The van der Waals surface area contributed by atoms with Crippen molar-refractivity contribution in [2.75, 3.05) is 19.6 Å². The molecule has 0 spiro atoms. The Labute approximate surface area is 155 Å². The van der Waals surface area contributed by atoms with Gasteiger partial charge < -0.3 is 4.74 Å². The van der Waals surface area contributed by atoms with E-state index in [9.17, 15) is 0 Å². The number of hydrogen-bond acceptors (Lipinski definition) is 2. The van der Waals surface area contributed by atoms with E-state index >= 15 is 0 Å². The minimum atomic E-state index is -0.641. The number of halogens is 1. The molecular weight excluding hydrogens is 334 g/mol. The van der Waals surface area contributed by atoms with Gasteiger partial charge >= 0.3 is 0 Å². The number of morpholine rings is 1. The molecule has 1 fully saturated rings. The molecule has 1 aliphatic heterocycles. The average Bonchev–Trinajstić information content (AvgIpc) is 2.40. The number of nitrogens with zero attached hydrogens (tertiary/aromatic N) is 1. The lowest BCUT2D eigenvalue weighted by Crippen LogP contribution is -2.52. The summed E-state index contributed by atoms with van der Waals surface area (Å²) in [6.45, 7) is 16.8. The van der Waals surface area contributed by atoms with Gasteiger partial charge in [0.2, 0.25) is 0 Å². The van der Waals surface area contributed by atoms with Gasteiger partial charge in [0, 0.05) is 33.5 Å². The number of benzene rings is 1. The zero-order chi connectivity index (χ0) is 17.9. The van der Waals surface area contributed by atoms with Crippen molar-refractivity contribution in [1.29, 1.82) is 0 Å². The maximum absolute atomic E-state index is 6.70. The van der Waals surface area contributed by atoms with Crippen LogP contribution in [0.15, 0.2) is 18.2 Å². The second kappa shape index (κ2) is 8.35. The van der Waals surface area contributed by atoms with Gasteiger partial charge in [0.25, 0.3) is 0 Å². The Morgan fingerprint density at radius 2 is 2.00 bits per heavy atom. The van der Waals surface area contributed by atoms with Gasteiger partial charge in [-0.2, -0.15) is 0 Å². The molecule has 2 unspecified atom stereocenters. The van der Waals surface area contributed by atoms with E-state index in [2.05, 4.69) is 63.9 Å². The van der Waals surface area contributed by atoms with Crippen molar-refractivity contribution in [3.63, 3.8) is 0 Å². The molecule has 2 atom stereocenters. The zero-order valence-electron chi connectivity index (χ0n) is 16.2. The maximum Gasteiger partial charge on any atom is 0.0757 e. The van der Waals surface area contributed by atoms with Crippen LogP contribution in [0.4, 0.5) is 0 Å². The van der Waals surface area contributed by atoms with E-state index in [4.69, 9.17) is 16.3 Å². The van der Waals surface area contributed by atoms with Crippen LogP contribution in [0, 0.1) is 5.92 Å². The molecule has 4 heteroatoms. The Kier molecular flexibility index (Phi) is 6.95. The smallest absolute Gasteiger partial charge is 0.0757 e. The van der Waals surface area contributed by atoms with E-state index < -0.39 is 8.80 Å². The molecular formula is C20H34ClNOSi. The van der Waals surface area contributed by atoms with E-state index in [-0.39, 0.29) is 5.60 Å². The summed E-state index contributed by atoms with van der Waals surface area (Å²) in [4.78, 5) is 2.55. The summed E-state index contributed by atoms with van der Waals surface area (Å²) >= 11 is 6.70. The highest BCUT2D eigenvalue weighted by Gasteiger charge is 2.31. The Bertz CT molecular complexity index is 546. The molecule has 2 rings (SSSR count). The van der Waals surface area contributed by atoms with E-state index in [1.165, 1.54) is 17.2 Å². The molecule has 1 aromatic carbocycles. The SMILES string of the molecule is CC(Cc1cccc(C[SiH](C)C)c1Cl)CN1CC(C)OC(C)(C)C1. The largest absolute Gasteiger partial charge is 0.370 e. The fourth-order valence-corrected chi connectivity index (χ4v) is 5.62. The quantitative estimate of drug-likeness (QED) is 0.682. The van der Waals surface area contributed by atoms with Gasteiger partial charge in [0.05, 0.1) is 11.7 Å². The van der Waals surface area contributed by atoms with Crippen LogP contribution < -0.4 is 0 Å². The summed E-state index contributed by atoms with van der Waals surface area (Å²) in [5.74, 6) is 0.593. The third kappa shape index (κ3) is 5.87. The van der Waals surface area contributed by atoms with Gasteiger partial charge in [-0.1, -0.05) is 49.8 Å². The average molecular weight is 368 g/mol. The summed E-state index contributed by atoms with van der Waals surface area (Å²) in [5.41, 5.74) is 2.62. The highest BCUT2D eigenvalue weighted by atomic mass is 35.5. The van der Waals surface area contributed by atoms with E-state index in [1.807, 2.05) is 0 Å². The lowest BCUT2D eigenvalue weighted by molar-refractivity contribution is -0.130. The molecule has 1 aliphatic rings. The molecule has 0 aromatic heterocycles. The van der Waals surface area contributed by atoms with Gasteiger partial charge in [-0.3, -0.25) is 4.90 Å². The van der Waals surface area contributed by atoms with Crippen LogP contribution in [0.3, 0.4) is 0 Å². The topological polar surface area (TPSA) is 12.5 Å². The van der Waals surface area contributed by atoms with Gasteiger partial charge in [-0.05, 0) is 50.3 Å². The second-order valence-corrected chi connectivity index (χ2v) is 12.3. The Morgan fingerprint density at radius 3 is 2.62 bits per heavy atom. The fourth-order valence-electron chi connectivity index (χ4n) is 3.99. The van der Waals surface area contributed by atoms with Crippen molar-refractivity contribution < 1.29 is 4.74 Å². The number of ether oxygens (including phenoxy) is 1. The first kappa shape index (κ1) is 20.0. The predicted octanol–water partition coefficient (Wildman–Crippen LogP) is 4.59. The monoisotopic (exact) mass is 367 g/mol. The van der Waals surface area contributed by atoms with Crippen molar-refractivity contribution in [2.24, 2.45) is 5.92 Å². The lowest BCUT2D eigenvalue weighted by Gasteiger charge is -2.42. The van der Waals surface area contributed by atoms with Gasteiger partial charge in [0.1, 0.15) is 0 Å². The molecule has 24 heavy (non-hydrogen) atoms. The van der Waals surface area contributed by atoms with Crippen molar-refractivity contribution >= 4 is 20.4 Å². The standard InChI is InChI=1S/C20H34ClNOSi/c1-15(11-22-12-16(2)23-20(3,4)14-22)10-17-8-7-9-18(19(17)21)13-24(5)6/h7-9,15-16,24H,10-14H2,1-6H3. The van der Waals surface area contributed by atoms with Crippen LogP contribution in [-0.2, 0) is 17.2 Å². The molecule has 0 radical (unpaired) electrons. The van der Waals surface area contributed by atoms with Crippen LogP contribution in [0.1, 0.15) is 38.8 Å². The Balaban J connectivity index is 1.98. The molecule has 136 valence electrons. The first-order chi connectivity index (χ1) is 11.2. The molecule has 2 nitrogen and oxygen atoms in total. The Hall–Kier alpha value is -0.353. The highest BCUT2D eigenvalue weighted by Crippen LogP contribution is 2.26.